The minimum Gasteiger partial charge on any atom is -0.393 e. The number of hydrogen-bond donors (Lipinski definition) is 3. The van der Waals surface area contributed by atoms with Crippen molar-refractivity contribution in [2.24, 2.45) is 28.6 Å². The average molecular weight is 293 g/mol. The van der Waals surface area contributed by atoms with Crippen LogP contribution >= 0.6 is 0 Å². The minimum atomic E-state index is -0.290. The van der Waals surface area contributed by atoms with Gasteiger partial charge in [-0.2, -0.15) is 0 Å². The Morgan fingerprint density at radius 1 is 0.810 bits per heavy atom. The molecule has 0 aromatic carbocycles. The van der Waals surface area contributed by atoms with Gasteiger partial charge in [0.1, 0.15) is 6.23 Å². The van der Waals surface area contributed by atoms with Crippen molar-refractivity contribution in [3.8, 4) is 0 Å². The van der Waals surface area contributed by atoms with Crippen molar-refractivity contribution in [2.45, 2.75) is 83.6 Å². The van der Waals surface area contributed by atoms with Crippen LogP contribution in [0.5, 0.6) is 0 Å². The van der Waals surface area contributed by atoms with Gasteiger partial charge < -0.3 is 10.2 Å². The summed E-state index contributed by atoms with van der Waals surface area (Å²) in [5.41, 5.74) is 0.545. The second kappa shape index (κ2) is 4.69. The van der Waals surface area contributed by atoms with Gasteiger partial charge in [-0.1, -0.05) is 13.8 Å². The molecule has 1 saturated heterocycles. The third kappa shape index (κ3) is 1.90. The number of fused-ring (bicyclic) bond motifs is 5. The SMILES string of the molecule is C[C@]12CC[C@H]3[C@@H](CCC4N[C@H](O)CC[C@@]43C)[C@@H]1CC[C@@H]2O. The summed E-state index contributed by atoms with van der Waals surface area (Å²) >= 11 is 0. The fraction of sp³-hybridized carbons (Fsp3) is 1.00. The quantitative estimate of drug-likeness (QED) is 0.643. The number of hydrogen-bond acceptors (Lipinski definition) is 3. The molecule has 4 fully saturated rings. The van der Waals surface area contributed by atoms with Crippen LogP contribution in [0.3, 0.4) is 0 Å². The van der Waals surface area contributed by atoms with Crippen molar-refractivity contribution in [1.82, 2.24) is 5.32 Å². The molecule has 0 radical (unpaired) electrons. The van der Waals surface area contributed by atoms with Gasteiger partial charge in [-0.15, -0.1) is 0 Å². The molecular weight excluding hydrogens is 262 g/mol. The van der Waals surface area contributed by atoms with Crippen LogP contribution in [0.4, 0.5) is 0 Å². The first-order chi connectivity index (χ1) is 9.95. The van der Waals surface area contributed by atoms with Crippen LogP contribution in [0.1, 0.15) is 65.2 Å². The molecule has 3 saturated carbocycles. The van der Waals surface area contributed by atoms with Crippen molar-refractivity contribution in [1.29, 1.82) is 0 Å². The summed E-state index contributed by atoms with van der Waals surface area (Å²) in [4.78, 5) is 0. The molecule has 1 heterocycles. The van der Waals surface area contributed by atoms with Gasteiger partial charge in [0.2, 0.25) is 0 Å². The van der Waals surface area contributed by atoms with Crippen molar-refractivity contribution in [3.63, 3.8) is 0 Å². The maximum absolute atomic E-state index is 10.5. The van der Waals surface area contributed by atoms with E-state index in [1.165, 1.54) is 38.5 Å². The smallest absolute Gasteiger partial charge is 0.105 e. The summed E-state index contributed by atoms with van der Waals surface area (Å²) < 4.78 is 0. The van der Waals surface area contributed by atoms with E-state index >= 15 is 0 Å². The monoisotopic (exact) mass is 293 g/mol. The molecule has 8 atom stereocenters. The van der Waals surface area contributed by atoms with Crippen molar-refractivity contribution in [2.75, 3.05) is 0 Å². The topological polar surface area (TPSA) is 52.5 Å². The number of aliphatic hydroxyl groups excluding tert-OH is 2. The molecule has 120 valence electrons. The first kappa shape index (κ1) is 14.5. The lowest BCUT2D eigenvalue weighted by Gasteiger charge is -2.60. The van der Waals surface area contributed by atoms with Crippen LogP contribution in [0.2, 0.25) is 0 Å². The molecule has 4 aliphatic rings. The minimum absolute atomic E-state index is 0.0692. The van der Waals surface area contributed by atoms with Crippen molar-refractivity contribution in [3.05, 3.63) is 0 Å². The molecule has 3 aliphatic carbocycles. The van der Waals surface area contributed by atoms with E-state index in [4.69, 9.17) is 0 Å². The first-order valence-corrected chi connectivity index (χ1v) is 9.07. The standard InChI is InChI=1S/C18H31NO2/c1-17-10-8-16(21)19-14(17)5-3-11-12-4-6-15(20)18(12,2)9-7-13(11)17/h11-16,19-21H,3-10H2,1-2H3/t11-,12-,13-,14?,15-,16+,17+,18-/m0/s1. The highest BCUT2D eigenvalue weighted by atomic mass is 16.3. The Hall–Kier alpha value is -0.120. The third-order valence-corrected chi connectivity index (χ3v) is 8.17. The average Bonchev–Trinajstić information content (AvgIpc) is 2.76. The molecule has 0 bridgehead atoms. The van der Waals surface area contributed by atoms with Gasteiger partial charge in [0, 0.05) is 6.04 Å². The van der Waals surface area contributed by atoms with Crippen LogP contribution in [0.25, 0.3) is 0 Å². The molecule has 4 rings (SSSR count). The van der Waals surface area contributed by atoms with Gasteiger partial charge >= 0.3 is 0 Å². The highest BCUT2D eigenvalue weighted by Crippen LogP contribution is 2.64. The second-order valence-corrected chi connectivity index (χ2v) is 8.87. The Kier molecular flexibility index (Phi) is 3.23. The van der Waals surface area contributed by atoms with E-state index in [2.05, 4.69) is 19.2 Å². The number of rotatable bonds is 0. The molecule has 21 heavy (non-hydrogen) atoms. The summed E-state index contributed by atoms with van der Waals surface area (Å²) in [6.07, 6.45) is 8.93. The Bertz CT molecular complexity index is 427. The Balaban J connectivity index is 1.62. The van der Waals surface area contributed by atoms with E-state index in [9.17, 15) is 10.2 Å². The predicted molar refractivity (Wildman–Crippen MR) is 82.6 cm³/mol. The van der Waals surface area contributed by atoms with Crippen LogP contribution in [-0.4, -0.2) is 28.6 Å². The van der Waals surface area contributed by atoms with E-state index < -0.39 is 0 Å². The van der Waals surface area contributed by atoms with Crippen LogP contribution < -0.4 is 5.32 Å². The lowest BCUT2D eigenvalue weighted by atomic mass is 9.47. The van der Waals surface area contributed by atoms with E-state index in [0.29, 0.717) is 11.5 Å². The van der Waals surface area contributed by atoms with Crippen molar-refractivity contribution < 1.29 is 10.2 Å². The highest BCUT2D eigenvalue weighted by molar-refractivity contribution is 5.10. The van der Waals surface area contributed by atoms with Gasteiger partial charge in [0.05, 0.1) is 6.10 Å². The molecule has 0 aromatic rings. The van der Waals surface area contributed by atoms with Gasteiger partial charge in [-0.05, 0) is 80.0 Å². The predicted octanol–water partition coefficient (Wildman–Crippen LogP) is 2.66. The fourth-order valence-electron chi connectivity index (χ4n) is 6.83. The summed E-state index contributed by atoms with van der Waals surface area (Å²) in [7, 11) is 0. The van der Waals surface area contributed by atoms with Crippen molar-refractivity contribution >= 4 is 0 Å². The van der Waals surface area contributed by atoms with E-state index in [1.807, 2.05) is 0 Å². The van der Waals surface area contributed by atoms with Gasteiger partial charge in [0.25, 0.3) is 0 Å². The Morgan fingerprint density at radius 3 is 2.33 bits per heavy atom. The molecule has 0 spiro atoms. The normalized spacial score (nSPS) is 60.0. The van der Waals surface area contributed by atoms with E-state index in [0.717, 1.165) is 30.6 Å². The second-order valence-electron chi connectivity index (χ2n) is 8.87. The molecule has 0 amide bonds. The Morgan fingerprint density at radius 2 is 1.52 bits per heavy atom. The van der Waals surface area contributed by atoms with Crippen LogP contribution in [0.15, 0.2) is 0 Å². The maximum atomic E-state index is 10.5. The van der Waals surface area contributed by atoms with E-state index in [1.54, 1.807) is 0 Å². The molecule has 0 aromatic heterocycles. The lowest BCUT2D eigenvalue weighted by molar-refractivity contribution is -0.123. The molecule has 1 aliphatic heterocycles. The molecular formula is C18H31NO2. The zero-order chi connectivity index (χ0) is 14.8. The summed E-state index contributed by atoms with van der Waals surface area (Å²) in [5, 5.41) is 23.9. The third-order valence-electron chi connectivity index (χ3n) is 8.17. The first-order valence-electron chi connectivity index (χ1n) is 9.07. The van der Waals surface area contributed by atoms with Crippen LogP contribution in [0, 0.1) is 28.6 Å². The lowest BCUT2D eigenvalue weighted by Crippen LogP contribution is -2.62. The maximum Gasteiger partial charge on any atom is 0.105 e. The Labute approximate surface area is 128 Å². The largest absolute Gasteiger partial charge is 0.393 e. The highest BCUT2D eigenvalue weighted by Gasteiger charge is 2.60. The molecule has 3 nitrogen and oxygen atoms in total. The summed E-state index contributed by atoms with van der Waals surface area (Å²) in [5.74, 6) is 2.33. The van der Waals surface area contributed by atoms with Crippen LogP contribution in [-0.2, 0) is 0 Å². The zero-order valence-corrected chi connectivity index (χ0v) is 13.5. The van der Waals surface area contributed by atoms with Gasteiger partial charge in [0.15, 0.2) is 0 Å². The molecule has 1 unspecified atom stereocenters. The number of nitrogens with one attached hydrogen (secondary N) is 1. The summed E-state index contributed by atoms with van der Waals surface area (Å²) in [6, 6.07) is 0.498. The number of piperidine rings is 1. The molecule has 3 heteroatoms. The number of aliphatic hydroxyl groups is 2. The van der Waals surface area contributed by atoms with Gasteiger partial charge in [-0.25, -0.2) is 0 Å². The summed E-state index contributed by atoms with van der Waals surface area (Å²) in [6.45, 7) is 4.82. The van der Waals surface area contributed by atoms with Gasteiger partial charge in [-0.3, -0.25) is 5.32 Å². The molecule has 3 N–H and O–H groups in total. The zero-order valence-electron chi connectivity index (χ0n) is 13.5. The van der Waals surface area contributed by atoms with E-state index in [-0.39, 0.29) is 17.7 Å². The fourth-order valence-corrected chi connectivity index (χ4v) is 6.83.